The lowest BCUT2D eigenvalue weighted by Crippen LogP contribution is -2.40. The highest BCUT2D eigenvalue weighted by Crippen LogP contribution is 2.43. The van der Waals surface area contributed by atoms with E-state index in [1.54, 1.807) is 36.9 Å². The Bertz CT molecular complexity index is 988. The molecule has 0 N–H and O–H groups in total. The minimum atomic E-state index is -0.112. The van der Waals surface area contributed by atoms with Crippen molar-refractivity contribution >= 4 is 28.6 Å². The molecule has 4 rings (SSSR count). The lowest BCUT2D eigenvalue weighted by molar-refractivity contribution is 0.0702. The van der Waals surface area contributed by atoms with Gasteiger partial charge in [0.25, 0.3) is 5.91 Å². The van der Waals surface area contributed by atoms with Crippen LogP contribution in [0.1, 0.15) is 42.2 Å². The largest absolute Gasteiger partial charge is 0.493 e. The third-order valence-corrected chi connectivity index (χ3v) is 7.39. The van der Waals surface area contributed by atoms with E-state index in [0.717, 1.165) is 27.5 Å². The molecule has 3 heterocycles. The molecule has 4 nitrogen and oxygen atoms in total. The van der Waals surface area contributed by atoms with Gasteiger partial charge in [0.2, 0.25) is 0 Å². The Kier molecular flexibility index (Phi) is 5.17. The summed E-state index contributed by atoms with van der Waals surface area (Å²) in [5.41, 5.74) is 3.49. The number of ether oxygens (including phenoxy) is 2. The lowest BCUT2D eigenvalue weighted by Gasteiger charge is -2.37. The summed E-state index contributed by atoms with van der Waals surface area (Å²) in [6.07, 6.45) is 0.798. The third kappa shape index (κ3) is 3.20. The van der Waals surface area contributed by atoms with E-state index in [9.17, 15) is 4.79 Å². The van der Waals surface area contributed by atoms with Crippen molar-refractivity contribution in [1.29, 1.82) is 0 Å². The van der Waals surface area contributed by atoms with E-state index in [1.165, 1.54) is 16.0 Å². The van der Waals surface area contributed by atoms with Crippen molar-refractivity contribution < 1.29 is 14.3 Å². The topological polar surface area (TPSA) is 38.8 Å². The van der Waals surface area contributed by atoms with Crippen molar-refractivity contribution in [2.45, 2.75) is 26.3 Å². The van der Waals surface area contributed by atoms with E-state index in [2.05, 4.69) is 31.4 Å². The fourth-order valence-electron chi connectivity index (χ4n) is 3.74. The van der Waals surface area contributed by atoms with Gasteiger partial charge in [0.05, 0.1) is 25.1 Å². The normalized spacial score (nSPS) is 16.0. The highest BCUT2D eigenvalue weighted by molar-refractivity contribution is 7.14. The molecule has 6 heteroatoms. The van der Waals surface area contributed by atoms with Crippen LogP contribution >= 0.6 is 22.7 Å². The minimum absolute atomic E-state index is 0.0973. The molecule has 1 aliphatic heterocycles. The molecule has 3 aromatic rings. The highest BCUT2D eigenvalue weighted by atomic mass is 32.1. The van der Waals surface area contributed by atoms with Crippen LogP contribution in [0.5, 0.6) is 11.5 Å². The molecule has 0 aliphatic carbocycles. The second-order valence-electron chi connectivity index (χ2n) is 6.92. The first-order valence-corrected chi connectivity index (χ1v) is 10.9. The molecule has 0 saturated heterocycles. The molecule has 2 aromatic heterocycles. The summed E-state index contributed by atoms with van der Waals surface area (Å²) in [5, 5.41) is 2.06. The molecule has 28 heavy (non-hydrogen) atoms. The van der Waals surface area contributed by atoms with E-state index in [4.69, 9.17) is 9.47 Å². The summed E-state index contributed by atoms with van der Waals surface area (Å²) in [6.45, 7) is 4.80. The van der Waals surface area contributed by atoms with Gasteiger partial charge in [-0.15, -0.1) is 22.7 Å². The molecular weight excluding hydrogens is 390 g/mol. The molecular formula is C22H23NO3S2. The van der Waals surface area contributed by atoms with Gasteiger partial charge in [0.15, 0.2) is 11.5 Å². The first kappa shape index (κ1) is 19.0. The molecule has 0 radical (unpaired) electrons. The highest BCUT2D eigenvalue weighted by Gasteiger charge is 2.35. The lowest BCUT2D eigenvalue weighted by atomic mass is 9.90. The standard InChI is InChI=1S/C22H23NO3S2/c1-13-10-20(28-14(13)2)22(24)23-8-7-15-11-17(25-3)18(26-4)12-16(15)21(23)19-6-5-9-27-19/h5-6,9-12,21H,7-8H2,1-4H3. The zero-order valence-electron chi connectivity index (χ0n) is 16.4. The van der Waals surface area contributed by atoms with Gasteiger partial charge in [-0.1, -0.05) is 6.07 Å². The summed E-state index contributed by atoms with van der Waals surface area (Å²) >= 11 is 3.26. The maximum absolute atomic E-state index is 13.4. The van der Waals surface area contributed by atoms with E-state index < -0.39 is 0 Å². The molecule has 0 bridgehead atoms. The average Bonchev–Trinajstić information content (AvgIpc) is 3.35. The van der Waals surface area contributed by atoms with Crippen LogP contribution in [0.4, 0.5) is 0 Å². The van der Waals surface area contributed by atoms with Gasteiger partial charge in [-0.3, -0.25) is 4.79 Å². The molecule has 1 amide bonds. The van der Waals surface area contributed by atoms with Crippen LogP contribution < -0.4 is 9.47 Å². The summed E-state index contributed by atoms with van der Waals surface area (Å²) in [7, 11) is 3.30. The van der Waals surface area contributed by atoms with Gasteiger partial charge < -0.3 is 14.4 Å². The van der Waals surface area contributed by atoms with Crippen LogP contribution in [0.3, 0.4) is 0 Å². The summed E-state index contributed by atoms with van der Waals surface area (Å²) in [5.74, 6) is 1.52. The summed E-state index contributed by atoms with van der Waals surface area (Å²) in [6, 6.07) is 10.1. The monoisotopic (exact) mass is 413 g/mol. The average molecular weight is 414 g/mol. The second kappa shape index (κ2) is 7.60. The first-order chi connectivity index (χ1) is 13.5. The van der Waals surface area contributed by atoms with Crippen molar-refractivity contribution in [3.8, 4) is 11.5 Å². The van der Waals surface area contributed by atoms with Gasteiger partial charge in [0, 0.05) is 16.3 Å². The number of thiophene rings is 2. The van der Waals surface area contributed by atoms with Crippen LogP contribution in [-0.2, 0) is 6.42 Å². The Morgan fingerprint density at radius 3 is 2.50 bits per heavy atom. The van der Waals surface area contributed by atoms with Gasteiger partial charge in [-0.25, -0.2) is 0 Å². The second-order valence-corrected chi connectivity index (χ2v) is 9.16. The number of benzene rings is 1. The van der Waals surface area contributed by atoms with E-state index >= 15 is 0 Å². The Balaban J connectivity index is 1.82. The predicted molar refractivity (Wildman–Crippen MR) is 114 cm³/mol. The number of carbonyl (C=O) groups excluding carboxylic acids is 1. The smallest absolute Gasteiger partial charge is 0.264 e. The van der Waals surface area contributed by atoms with E-state index in [1.807, 2.05) is 23.1 Å². The number of hydrogen-bond acceptors (Lipinski definition) is 5. The first-order valence-electron chi connectivity index (χ1n) is 9.19. The molecule has 1 aromatic carbocycles. The minimum Gasteiger partial charge on any atom is -0.493 e. The van der Waals surface area contributed by atoms with E-state index in [0.29, 0.717) is 12.3 Å². The third-order valence-electron chi connectivity index (χ3n) is 5.32. The Hall–Kier alpha value is -2.31. The molecule has 1 unspecified atom stereocenters. The number of hydrogen-bond donors (Lipinski definition) is 0. The van der Waals surface area contributed by atoms with E-state index in [-0.39, 0.29) is 11.9 Å². The number of nitrogens with zero attached hydrogens (tertiary/aromatic N) is 1. The van der Waals surface area contributed by atoms with Gasteiger partial charge in [-0.05, 0) is 66.6 Å². The predicted octanol–water partition coefficient (Wildman–Crippen LogP) is 5.23. The number of fused-ring (bicyclic) bond motifs is 1. The molecule has 0 spiro atoms. The van der Waals surface area contributed by atoms with Gasteiger partial charge >= 0.3 is 0 Å². The van der Waals surface area contributed by atoms with Crippen LogP contribution in [-0.4, -0.2) is 31.6 Å². The molecule has 146 valence electrons. The van der Waals surface area contributed by atoms with Crippen LogP contribution in [0.25, 0.3) is 0 Å². The fourth-order valence-corrected chi connectivity index (χ4v) is 5.58. The van der Waals surface area contributed by atoms with Crippen LogP contribution in [0.15, 0.2) is 35.7 Å². The van der Waals surface area contributed by atoms with Crippen molar-refractivity contribution in [3.05, 3.63) is 67.0 Å². The Morgan fingerprint density at radius 1 is 1.14 bits per heavy atom. The Morgan fingerprint density at radius 2 is 1.89 bits per heavy atom. The van der Waals surface area contributed by atoms with Crippen molar-refractivity contribution in [1.82, 2.24) is 4.90 Å². The number of carbonyl (C=O) groups is 1. The SMILES string of the molecule is COc1cc2c(cc1OC)C(c1cccs1)N(C(=O)c1cc(C)c(C)s1)CC2. The molecule has 1 atom stereocenters. The zero-order valence-corrected chi connectivity index (χ0v) is 18.1. The number of methoxy groups -OCH3 is 2. The number of rotatable bonds is 4. The van der Waals surface area contributed by atoms with Crippen molar-refractivity contribution in [3.63, 3.8) is 0 Å². The molecule has 0 saturated carbocycles. The Labute approximate surface area is 173 Å². The fraction of sp³-hybridized carbons (Fsp3) is 0.318. The quantitative estimate of drug-likeness (QED) is 0.588. The summed E-state index contributed by atoms with van der Waals surface area (Å²) in [4.78, 5) is 18.6. The van der Waals surface area contributed by atoms with Gasteiger partial charge in [-0.2, -0.15) is 0 Å². The van der Waals surface area contributed by atoms with Gasteiger partial charge in [0.1, 0.15) is 0 Å². The van der Waals surface area contributed by atoms with Crippen LogP contribution in [0, 0.1) is 13.8 Å². The maximum atomic E-state index is 13.4. The molecule has 1 aliphatic rings. The summed E-state index contributed by atoms with van der Waals surface area (Å²) < 4.78 is 11.0. The maximum Gasteiger partial charge on any atom is 0.264 e. The number of aryl methyl sites for hydroxylation is 2. The molecule has 0 fully saturated rings. The number of amides is 1. The van der Waals surface area contributed by atoms with Crippen molar-refractivity contribution in [2.75, 3.05) is 20.8 Å². The van der Waals surface area contributed by atoms with Crippen molar-refractivity contribution in [2.24, 2.45) is 0 Å². The van der Waals surface area contributed by atoms with Crippen LogP contribution in [0.2, 0.25) is 0 Å². The zero-order chi connectivity index (χ0) is 19.8.